The van der Waals surface area contributed by atoms with Gasteiger partial charge in [0.05, 0.1) is 6.07 Å². The fraction of sp³-hybridized carbons (Fsp3) is 0.571. The van der Waals surface area contributed by atoms with Gasteiger partial charge in [-0.3, -0.25) is 9.59 Å². The van der Waals surface area contributed by atoms with Crippen molar-refractivity contribution in [2.24, 2.45) is 10.8 Å². The van der Waals surface area contributed by atoms with E-state index in [2.05, 4.69) is 21.7 Å². The van der Waals surface area contributed by atoms with Crippen molar-refractivity contribution in [1.29, 1.82) is 5.26 Å². The summed E-state index contributed by atoms with van der Waals surface area (Å²) in [5, 5.41) is 17.5. The number of amides is 2. The van der Waals surface area contributed by atoms with E-state index in [9.17, 15) is 19.6 Å². The van der Waals surface area contributed by atoms with Crippen molar-refractivity contribution in [2.45, 2.75) is 69.9 Å². The summed E-state index contributed by atoms with van der Waals surface area (Å²) >= 11 is 6.13. The van der Waals surface area contributed by atoms with E-state index in [-0.39, 0.29) is 23.7 Å². The Balaban J connectivity index is 1.38. The molecule has 0 bridgehead atoms. The molecule has 3 atom stereocenters. The van der Waals surface area contributed by atoms with Crippen molar-refractivity contribution in [2.75, 3.05) is 19.6 Å². The molecule has 196 valence electrons. The molecular weight excluding hydrogens is 490 g/mol. The van der Waals surface area contributed by atoms with Crippen LogP contribution < -0.4 is 10.6 Å². The molecule has 2 aromatic rings. The van der Waals surface area contributed by atoms with Crippen LogP contribution in [0.2, 0.25) is 5.02 Å². The van der Waals surface area contributed by atoms with Gasteiger partial charge in [-0.15, -0.1) is 0 Å². The van der Waals surface area contributed by atoms with Crippen molar-refractivity contribution in [3.8, 4) is 6.07 Å². The van der Waals surface area contributed by atoms with Crippen LogP contribution in [-0.2, 0) is 9.59 Å². The molecule has 37 heavy (non-hydrogen) atoms. The molecule has 3 N–H and O–H groups in total. The van der Waals surface area contributed by atoms with Crippen molar-refractivity contribution in [3.63, 3.8) is 0 Å². The lowest BCUT2D eigenvalue weighted by atomic mass is 9.72. The standard InChI is InChI=1S/C28H34ClN5O3/c29-20-6-5-19-11-23(33-22(19)12-20)26(37)34-17-27(7-2-1-3-8-27)14-24(34)25(36)32-21(15-30)13-28(18-35)9-4-10-31-16-28/h5-6,11-12,18,21,24,31,33H,1-4,7-10,13-14,16-17H2,(H,32,36). The van der Waals surface area contributed by atoms with Crippen molar-refractivity contribution in [1.82, 2.24) is 20.5 Å². The fourth-order valence-corrected chi connectivity index (χ4v) is 6.83. The van der Waals surface area contributed by atoms with Crippen LogP contribution in [0.25, 0.3) is 10.9 Å². The largest absolute Gasteiger partial charge is 0.350 e. The van der Waals surface area contributed by atoms with Gasteiger partial charge >= 0.3 is 0 Å². The minimum atomic E-state index is -0.798. The topological polar surface area (TPSA) is 118 Å². The molecule has 1 aromatic heterocycles. The quantitative estimate of drug-likeness (QED) is 0.495. The van der Waals surface area contributed by atoms with Gasteiger partial charge < -0.3 is 25.3 Å². The number of nitriles is 1. The summed E-state index contributed by atoms with van der Waals surface area (Å²) in [7, 11) is 0. The second-order valence-corrected chi connectivity index (χ2v) is 11.7. The molecule has 1 spiro atoms. The van der Waals surface area contributed by atoms with Crippen LogP contribution in [0.3, 0.4) is 0 Å². The predicted octanol–water partition coefficient (Wildman–Crippen LogP) is 3.95. The van der Waals surface area contributed by atoms with Crippen LogP contribution >= 0.6 is 11.6 Å². The third-order valence-corrected chi connectivity index (χ3v) is 8.87. The van der Waals surface area contributed by atoms with E-state index in [1.165, 1.54) is 6.42 Å². The molecule has 2 aliphatic heterocycles. The first-order valence-corrected chi connectivity index (χ1v) is 13.7. The average molecular weight is 524 g/mol. The van der Waals surface area contributed by atoms with Crippen LogP contribution in [0.15, 0.2) is 24.3 Å². The van der Waals surface area contributed by atoms with Gasteiger partial charge in [0.1, 0.15) is 24.1 Å². The summed E-state index contributed by atoms with van der Waals surface area (Å²) in [5.74, 6) is -0.532. The minimum absolute atomic E-state index is 0.0787. The molecular formula is C28H34ClN5O3. The Labute approximate surface area is 222 Å². The molecule has 3 heterocycles. The number of hydrogen-bond acceptors (Lipinski definition) is 5. The number of aromatic nitrogens is 1. The molecule has 2 saturated heterocycles. The van der Waals surface area contributed by atoms with Crippen LogP contribution in [0, 0.1) is 22.2 Å². The number of carbonyl (C=O) groups excluding carboxylic acids is 3. The van der Waals surface area contributed by atoms with Gasteiger partial charge in [0.15, 0.2) is 0 Å². The maximum absolute atomic E-state index is 13.8. The molecule has 1 aromatic carbocycles. The highest BCUT2D eigenvalue weighted by Gasteiger charge is 2.49. The molecule has 1 aliphatic carbocycles. The molecule has 2 amide bonds. The van der Waals surface area contributed by atoms with Crippen molar-refractivity contribution >= 4 is 40.6 Å². The number of H-pyrrole nitrogens is 1. The molecule has 1 saturated carbocycles. The predicted molar refractivity (Wildman–Crippen MR) is 141 cm³/mol. The van der Waals surface area contributed by atoms with E-state index < -0.39 is 17.5 Å². The number of benzene rings is 1. The lowest BCUT2D eigenvalue weighted by Gasteiger charge is -2.34. The van der Waals surface area contributed by atoms with Crippen LogP contribution in [-0.4, -0.2) is 59.7 Å². The summed E-state index contributed by atoms with van der Waals surface area (Å²) in [5.41, 5.74) is 0.457. The van der Waals surface area contributed by atoms with E-state index in [4.69, 9.17) is 11.6 Å². The van der Waals surface area contributed by atoms with Crippen LogP contribution in [0.1, 0.15) is 68.3 Å². The molecule has 8 nitrogen and oxygen atoms in total. The third kappa shape index (κ3) is 5.25. The number of halogens is 1. The maximum Gasteiger partial charge on any atom is 0.271 e. The summed E-state index contributed by atoms with van der Waals surface area (Å²) in [6.45, 7) is 1.88. The van der Waals surface area contributed by atoms with Gasteiger partial charge in [-0.2, -0.15) is 5.26 Å². The molecule has 3 fully saturated rings. The number of aldehydes is 1. The smallest absolute Gasteiger partial charge is 0.271 e. The van der Waals surface area contributed by atoms with Gasteiger partial charge in [0, 0.05) is 34.4 Å². The molecule has 3 unspecified atom stereocenters. The number of rotatable bonds is 6. The van der Waals surface area contributed by atoms with Crippen LogP contribution in [0.4, 0.5) is 0 Å². The number of fused-ring (bicyclic) bond motifs is 1. The first kappa shape index (κ1) is 25.7. The molecule has 0 radical (unpaired) electrons. The second kappa shape index (κ2) is 10.5. The van der Waals surface area contributed by atoms with Crippen molar-refractivity contribution < 1.29 is 14.4 Å². The van der Waals surface area contributed by atoms with E-state index in [0.29, 0.717) is 36.6 Å². The summed E-state index contributed by atoms with van der Waals surface area (Å²) < 4.78 is 0. The van der Waals surface area contributed by atoms with Gasteiger partial charge in [0.2, 0.25) is 5.91 Å². The van der Waals surface area contributed by atoms with Gasteiger partial charge in [0.25, 0.3) is 5.91 Å². The Bertz CT molecular complexity index is 1220. The van der Waals surface area contributed by atoms with E-state index in [0.717, 1.165) is 55.8 Å². The highest BCUT2D eigenvalue weighted by molar-refractivity contribution is 6.31. The Morgan fingerprint density at radius 3 is 2.73 bits per heavy atom. The Kier molecular flexibility index (Phi) is 7.28. The average Bonchev–Trinajstić information content (AvgIpc) is 3.50. The zero-order chi connectivity index (χ0) is 26.0. The minimum Gasteiger partial charge on any atom is -0.350 e. The Hall–Kier alpha value is -2.89. The number of nitrogens with one attached hydrogen (secondary N) is 3. The first-order valence-electron chi connectivity index (χ1n) is 13.3. The van der Waals surface area contributed by atoms with E-state index in [1.807, 2.05) is 6.07 Å². The Morgan fingerprint density at radius 1 is 1.22 bits per heavy atom. The van der Waals surface area contributed by atoms with E-state index >= 15 is 0 Å². The zero-order valence-electron chi connectivity index (χ0n) is 21.0. The van der Waals surface area contributed by atoms with Crippen molar-refractivity contribution in [3.05, 3.63) is 35.0 Å². The fourth-order valence-electron chi connectivity index (χ4n) is 6.65. The number of nitrogens with zero attached hydrogens (tertiary/aromatic N) is 2. The highest BCUT2D eigenvalue weighted by atomic mass is 35.5. The number of aromatic amines is 1. The third-order valence-electron chi connectivity index (χ3n) is 8.64. The van der Waals surface area contributed by atoms with Crippen LogP contribution in [0.5, 0.6) is 0 Å². The highest BCUT2D eigenvalue weighted by Crippen LogP contribution is 2.47. The summed E-state index contributed by atoms with van der Waals surface area (Å²) in [4.78, 5) is 44.2. The second-order valence-electron chi connectivity index (χ2n) is 11.3. The molecule has 5 rings (SSSR count). The molecule has 3 aliphatic rings. The van der Waals surface area contributed by atoms with Gasteiger partial charge in [-0.1, -0.05) is 36.9 Å². The summed E-state index contributed by atoms with van der Waals surface area (Å²) in [6.07, 6.45) is 8.68. The lowest BCUT2D eigenvalue weighted by Crippen LogP contribution is -2.51. The number of carbonyl (C=O) groups is 3. The lowest BCUT2D eigenvalue weighted by molar-refractivity contribution is -0.126. The van der Waals surface area contributed by atoms with E-state index in [1.54, 1.807) is 23.1 Å². The first-order chi connectivity index (χ1) is 17.9. The SMILES string of the molecule is N#CC(CC1(C=O)CCCNC1)NC(=O)C1CC2(CCCCC2)CN1C(=O)c1cc2ccc(Cl)cc2[nH]1. The Morgan fingerprint density at radius 2 is 2.03 bits per heavy atom. The maximum atomic E-state index is 13.8. The van der Waals surface area contributed by atoms with Gasteiger partial charge in [-0.05, 0) is 68.7 Å². The normalized spacial score (nSPS) is 26.1. The number of piperidine rings is 1. The monoisotopic (exact) mass is 523 g/mol. The van der Waals surface area contributed by atoms with Gasteiger partial charge in [-0.25, -0.2) is 0 Å². The molecule has 9 heteroatoms. The number of likely N-dealkylation sites (tertiary alicyclic amines) is 1. The number of hydrogen-bond donors (Lipinski definition) is 3. The summed E-state index contributed by atoms with van der Waals surface area (Å²) in [6, 6.07) is 7.97. The zero-order valence-corrected chi connectivity index (χ0v) is 21.8.